The number of nitrogens with zero attached hydrogens (tertiary/aromatic N) is 2. The van der Waals surface area contributed by atoms with Crippen molar-refractivity contribution in [2.24, 2.45) is 5.92 Å². The van der Waals surface area contributed by atoms with Gasteiger partial charge < -0.3 is 10.0 Å². The Kier molecular flexibility index (Phi) is 3.53. The van der Waals surface area contributed by atoms with Gasteiger partial charge in [0.05, 0.1) is 17.1 Å². The molecule has 0 aliphatic carbocycles. The molecule has 1 aromatic carbocycles. The maximum absolute atomic E-state index is 11.3. The molecule has 4 heteroatoms. The van der Waals surface area contributed by atoms with Gasteiger partial charge in [0, 0.05) is 24.7 Å². The van der Waals surface area contributed by atoms with Crippen LogP contribution in [0.4, 0.5) is 5.69 Å². The number of fused-ring (bicyclic) bond motifs is 1. The minimum Gasteiger partial charge on any atom is -0.481 e. The van der Waals surface area contributed by atoms with Crippen molar-refractivity contribution in [2.75, 3.05) is 18.0 Å². The van der Waals surface area contributed by atoms with Crippen LogP contribution < -0.4 is 4.90 Å². The van der Waals surface area contributed by atoms with Gasteiger partial charge in [-0.25, -0.2) is 0 Å². The summed E-state index contributed by atoms with van der Waals surface area (Å²) in [6.45, 7) is 5.61. The van der Waals surface area contributed by atoms with Crippen molar-refractivity contribution in [3.05, 3.63) is 35.5 Å². The van der Waals surface area contributed by atoms with Crippen molar-refractivity contribution >= 4 is 22.6 Å². The molecule has 1 N–H and O–H groups in total. The van der Waals surface area contributed by atoms with Crippen LogP contribution in [0.15, 0.2) is 24.4 Å². The van der Waals surface area contributed by atoms with Crippen LogP contribution in [-0.2, 0) is 4.79 Å². The largest absolute Gasteiger partial charge is 0.481 e. The minimum atomic E-state index is -0.688. The van der Waals surface area contributed by atoms with Crippen molar-refractivity contribution in [3.8, 4) is 0 Å². The van der Waals surface area contributed by atoms with Gasteiger partial charge in [-0.15, -0.1) is 0 Å². The molecule has 2 heterocycles. The Balaban J connectivity index is 2.09. The number of para-hydroxylation sites is 1. The second-order valence-corrected chi connectivity index (χ2v) is 5.88. The first-order valence-corrected chi connectivity index (χ1v) is 7.40. The van der Waals surface area contributed by atoms with Crippen molar-refractivity contribution in [1.29, 1.82) is 0 Å². The lowest BCUT2D eigenvalue weighted by Crippen LogP contribution is -2.39. The number of pyridine rings is 1. The summed E-state index contributed by atoms with van der Waals surface area (Å²) in [7, 11) is 0. The van der Waals surface area contributed by atoms with Crippen molar-refractivity contribution in [3.63, 3.8) is 0 Å². The third-order valence-electron chi connectivity index (χ3n) is 4.34. The molecule has 2 aromatic rings. The van der Waals surface area contributed by atoms with E-state index in [0.717, 1.165) is 47.1 Å². The molecule has 4 nitrogen and oxygen atoms in total. The smallest absolute Gasteiger partial charge is 0.308 e. The summed E-state index contributed by atoms with van der Waals surface area (Å²) in [5.74, 6) is -0.960. The number of aryl methyl sites for hydroxylation is 2. The van der Waals surface area contributed by atoms with E-state index in [1.54, 1.807) is 0 Å². The fraction of sp³-hybridized carbons (Fsp3) is 0.412. The molecule has 0 amide bonds. The number of hydrogen-bond acceptors (Lipinski definition) is 3. The molecule has 0 bridgehead atoms. The zero-order valence-corrected chi connectivity index (χ0v) is 12.5. The first-order chi connectivity index (χ1) is 10.1. The number of carboxylic acids is 1. The summed E-state index contributed by atoms with van der Waals surface area (Å²) >= 11 is 0. The van der Waals surface area contributed by atoms with E-state index in [1.807, 2.05) is 12.3 Å². The SMILES string of the molecule is Cc1cnc2c(C)cccc2c1N1CCCC(C(=O)O)C1. The van der Waals surface area contributed by atoms with Crippen LogP contribution in [0.3, 0.4) is 0 Å². The summed E-state index contributed by atoms with van der Waals surface area (Å²) in [6.07, 6.45) is 3.59. The molecule has 0 saturated carbocycles. The Labute approximate surface area is 124 Å². The first-order valence-electron chi connectivity index (χ1n) is 7.40. The third-order valence-corrected chi connectivity index (χ3v) is 4.34. The van der Waals surface area contributed by atoms with Crippen LogP contribution in [-0.4, -0.2) is 29.1 Å². The van der Waals surface area contributed by atoms with Crippen LogP contribution in [0.25, 0.3) is 10.9 Å². The normalized spacial score (nSPS) is 19.0. The topological polar surface area (TPSA) is 53.4 Å². The fourth-order valence-electron chi connectivity index (χ4n) is 3.26. The zero-order valence-electron chi connectivity index (χ0n) is 12.5. The molecule has 1 fully saturated rings. The number of aliphatic carboxylic acids is 1. The average Bonchev–Trinajstić information content (AvgIpc) is 2.47. The number of rotatable bonds is 2. The van der Waals surface area contributed by atoms with Gasteiger partial charge in [0.25, 0.3) is 0 Å². The molecule has 1 aliphatic rings. The molecular formula is C17H20N2O2. The number of anilines is 1. The van der Waals surface area contributed by atoms with Gasteiger partial charge in [0.2, 0.25) is 0 Å². The second-order valence-electron chi connectivity index (χ2n) is 5.88. The zero-order chi connectivity index (χ0) is 15.0. The highest BCUT2D eigenvalue weighted by molar-refractivity contribution is 5.95. The van der Waals surface area contributed by atoms with Crippen molar-refractivity contribution in [2.45, 2.75) is 26.7 Å². The number of aromatic nitrogens is 1. The predicted molar refractivity (Wildman–Crippen MR) is 83.8 cm³/mol. The number of benzene rings is 1. The van der Waals surface area contributed by atoms with E-state index in [1.165, 1.54) is 0 Å². The number of carbonyl (C=O) groups is 1. The number of hydrogen-bond donors (Lipinski definition) is 1. The van der Waals surface area contributed by atoms with E-state index >= 15 is 0 Å². The molecule has 1 atom stereocenters. The molecule has 0 radical (unpaired) electrons. The number of carboxylic acid groups (broad SMARTS) is 1. The highest BCUT2D eigenvalue weighted by Crippen LogP contribution is 2.33. The first kappa shape index (κ1) is 13.9. The Hall–Kier alpha value is -2.10. The summed E-state index contributed by atoms with van der Waals surface area (Å²) < 4.78 is 0. The molecular weight excluding hydrogens is 264 g/mol. The van der Waals surface area contributed by atoms with E-state index in [0.29, 0.717) is 6.54 Å². The van der Waals surface area contributed by atoms with E-state index in [4.69, 9.17) is 0 Å². The quantitative estimate of drug-likeness (QED) is 0.920. The Morgan fingerprint density at radius 1 is 1.33 bits per heavy atom. The van der Waals surface area contributed by atoms with E-state index < -0.39 is 5.97 Å². The summed E-state index contributed by atoms with van der Waals surface area (Å²) in [5, 5.41) is 10.4. The summed E-state index contributed by atoms with van der Waals surface area (Å²) in [6, 6.07) is 6.19. The molecule has 110 valence electrons. The van der Waals surface area contributed by atoms with Crippen LogP contribution >= 0.6 is 0 Å². The van der Waals surface area contributed by atoms with Gasteiger partial charge in [-0.1, -0.05) is 18.2 Å². The van der Waals surface area contributed by atoms with Crippen LogP contribution in [0.5, 0.6) is 0 Å². The lowest BCUT2D eigenvalue weighted by atomic mass is 9.96. The molecule has 1 aromatic heterocycles. The maximum Gasteiger partial charge on any atom is 0.308 e. The fourth-order valence-corrected chi connectivity index (χ4v) is 3.26. The molecule has 21 heavy (non-hydrogen) atoms. The Bertz CT molecular complexity index is 696. The molecule has 1 aliphatic heterocycles. The Morgan fingerprint density at radius 3 is 2.90 bits per heavy atom. The average molecular weight is 284 g/mol. The lowest BCUT2D eigenvalue weighted by molar-refractivity contribution is -0.141. The monoisotopic (exact) mass is 284 g/mol. The van der Waals surface area contributed by atoms with Crippen LogP contribution in [0.1, 0.15) is 24.0 Å². The van der Waals surface area contributed by atoms with Gasteiger partial charge in [0.15, 0.2) is 0 Å². The van der Waals surface area contributed by atoms with Crippen molar-refractivity contribution in [1.82, 2.24) is 4.98 Å². The van der Waals surface area contributed by atoms with Crippen LogP contribution in [0, 0.1) is 19.8 Å². The maximum atomic E-state index is 11.3. The number of piperidine rings is 1. The van der Waals surface area contributed by atoms with Gasteiger partial charge in [-0.2, -0.15) is 0 Å². The summed E-state index contributed by atoms with van der Waals surface area (Å²) in [5.41, 5.74) is 4.42. The minimum absolute atomic E-state index is 0.272. The standard InChI is InChI=1S/C17H20N2O2/c1-11-5-3-7-14-15(11)18-9-12(2)16(14)19-8-4-6-13(10-19)17(20)21/h3,5,7,9,13H,4,6,8,10H2,1-2H3,(H,20,21). The lowest BCUT2D eigenvalue weighted by Gasteiger charge is -2.34. The predicted octanol–water partition coefficient (Wildman–Crippen LogP) is 3.15. The second kappa shape index (κ2) is 5.35. The van der Waals surface area contributed by atoms with Gasteiger partial charge in [0.1, 0.15) is 0 Å². The third kappa shape index (κ3) is 2.46. The molecule has 0 spiro atoms. The summed E-state index contributed by atoms with van der Waals surface area (Å²) in [4.78, 5) is 18.1. The van der Waals surface area contributed by atoms with E-state index in [2.05, 4.69) is 35.9 Å². The van der Waals surface area contributed by atoms with E-state index in [9.17, 15) is 9.90 Å². The van der Waals surface area contributed by atoms with Crippen molar-refractivity contribution < 1.29 is 9.90 Å². The highest BCUT2D eigenvalue weighted by Gasteiger charge is 2.27. The van der Waals surface area contributed by atoms with Gasteiger partial charge in [-0.05, 0) is 37.8 Å². The van der Waals surface area contributed by atoms with Crippen LogP contribution in [0.2, 0.25) is 0 Å². The highest BCUT2D eigenvalue weighted by atomic mass is 16.4. The molecule has 3 rings (SSSR count). The van der Waals surface area contributed by atoms with E-state index in [-0.39, 0.29) is 5.92 Å². The molecule has 1 unspecified atom stereocenters. The Morgan fingerprint density at radius 2 is 2.14 bits per heavy atom. The van der Waals surface area contributed by atoms with Gasteiger partial charge >= 0.3 is 5.97 Å². The molecule has 1 saturated heterocycles. The van der Waals surface area contributed by atoms with Gasteiger partial charge in [-0.3, -0.25) is 9.78 Å².